The number of rotatable bonds is 6. The SMILES string of the molecule is CC(C)S(=O)(=O)c1cc(-c2nc(-c3ccc(Cl)cc3)n(C3CC3)c2-c2ccccc2F)cc2[nH]c(N)nc12.CS(=O)(=O)O. The van der Waals surface area contributed by atoms with E-state index in [1.165, 1.54) is 6.07 Å². The Bertz CT molecular complexity index is 2040. The van der Waals surface area contributed by atoms with E-state index in [4.69, 9.17) is 26.9 Å². The molecule has 2 heterocycles. The predicted molar refractivity (Wildman–Crippen MR) is 166 cm³/mol. The van der Waals surface area contributed by atoms with Crippen LogP contribution >= 0.6 is 11.6 Å². The molecule has 3 aromatic carbocycles. The molecule has 226 valence electrons. The number of nitrogens with zero attached hydrogens (tertiary/aromatic N) is 3. The van der Waals surface area contributed by atoms with Gasteiger partial charge in [0.1, 0.15) is 17.2 Å². The number of hydrogen-bond donors (Lipinski definition) is 3. The van der Waals surface area contributed by atoms with E-state index in [2.05, 4.69) is 14.5 Å². The summed E-state index contributed by atoms with van der Waals surface area (Å²) in [6.45, 7) is 3.24. The average Bonchev–Trinajstić information content (AvgIpc) is 3.57. The number of sulfone groups is 1. The number of H-pyrrole nitrogens is 1. The van der Waals surface area contributed by atoms with Crippen LogP contribution in [0.5, 0.6) is 0 Å². The minimum Gasteiger partial charge on any atom is -0.369 e. The van der Waals surface area contributed by atoms with Crippen molar-refractivity contribution in [3.63, 3.8) is 0 Å². The number of nitrogens with one attached hydrogen (secondary N) is 1. The van der Waals surface area contributed by atoms with Gasteiger partial charge in [0, 0.05) is 27.8 Å². The lowest BCUT2D eigenvalue weighted by atomic mass is 10.0. The molecule has 0 spiro atoms. The van der Waals surface area contributed by atoms with Crippen LogP contribution in [0.4, 0.5) is 10.3 Å². The number of aromatic amines is 1. The molecule has 10 nitrogen and oxygen atoms in total. The molecule has 14 heteroatoms. The van der Waals surface area contributed by atoms with Gasteiger partial charge in [0.05, 0.1) is 33.3 Å². The molecule has 0 saturated heterocycles. The predicted octanol–water partition coefficient (Wildman–Crippen LogP) is 6.16. The van der Waals surface area contributed by atoms with Gasteiger partial charge in [-0.1, -0.05) is 23.7 Å². The van der Waals surface area contributed by atoms with E-state index in [0.717, 1.165) is 18.4 Å². The number of nitrogens with two attached hydrogens (primary N) is 1. The van der Waals surface area contributed by atoms with Gasteiger partial charge in [0.15, 0.2) is 15.8 Å². The molecule has 1 fully saturated rings. The molecule has 0 amide bonds. The average molecular weight is 646 g/mol. The number of fused-ring (bicyclic) bond motifs is 1. The van der Waals surface area contributed by atoms with E-state index >= 15 is 4.39 Å². The van der Waals surface area contributed by atoms with Crippen LogP contribution in [-0.4, -0.2) is 52.4 Å². The lowest BCUT2D eigenvalue weighted by Crippen LogP contribution is -2.14. The number of halogens is 2. The maximum atomic E-state index is 15.3. The first-order valence-electron chi connectivity index (χ1n) is 13.2. The monoisotopic (exact) mass is 645 g/mol. The maximum Gasteiger partial charge on any atom is 0.261 e. The van der Waals surface area contributed by atoms with Crippen LogP contribution in [-0.2, 0) is 20.0 Å². The second kappa shape index (κ2) is 11.4. The van der Waals surface area contributed by atoms with Gasteiger partial charge in [-0.15, -0.1) is 0 Å². The zero-order valence-electron chi connectivity index (χ0n) is 23.4. The van der Waals surface area contributed by atoms with Gasteiger partial charge in [-0.2, -0.15) is 8.42 Å². The van der Waals surface area contributed by atoms with E-state index in [1.807, 2.05) is 12.1 Å². The highest BCUT2D eigenvalue weighted by atomic mass is 35.5. The summed E-state index contributed by atoms with van der Waals surface area (Å²) in [7, 11) is -7.40. The molecule has 6 rings (SSSR count). The number of anilines is 1. The highest BCUT2D eigenvalue weighted by molar-refractivity contribution is 7.92. The van der Waals surface area contributed by atoms with Crippen LogP contribution in [0.25, 0.3) is 44.9 Å². The Kier molecular flexibility index (Phi) is 8.11. The summed E-state index contributed by atoms with van der Waals surface area (Å²) in [6.07, 6.45) is 2.58. The Morgan fingerprint density at radius 1 is 1.02 bits per heavy atom. The van der Waals surface area contributed by atoms with Gasteiger partial charge in [0.2, 0.25) is 0 Å². The molecule has 0 aliphatic heterocycles. The smallest absolute Gasteiger partial charge is 0.261 e. The van der Waals surface area contributed by atoms with Gasteiger partial charge in [-0.05, 0) is 75.2 Å². The Balaban J connectivity index is 0.000000682. The summed E-state index contributed by atoms with van der Waals surface area (Å²) < 4.78 is 70.1. The van der Waals surface area contributed by atoms with Gasteiger partial charge in [-0.25, -0.2) is 22.8 Å². The third-order valence-corrected chi connectivity index (χ3v) is 9.24. The minimum absolute atomic E-state index is 0.0569. The summed E-state index contributed by atoms with van der Waals surface area (Å²) in [5, 5.41) is -0.0859. The minimum atomic E-state index is -3.73. The molecule has 43 heavy (non-hydrogen) atoms. The molecule has 1 aliphatic rings. The topological polar surface area (TPSA) is 161 Å². The molecule has 0 bridgehead atoms. The van der Waals surface area contributed by atoms with Gasteiger partial charge in [-0.3, -0.25) is 4.55 Å². The molecule has 0 radical (unpaired) electrons. The Morgan fingerprint density at radius 3 is 2.23 bits per heavy atom. The van der Waals surface area contributed by atoms with Crippen molar-refractivity contribution in [2.45, 2.75) is 42.9 Å². The summed E-state index contributed by atoms with van der Waals surface area (Å²) in [5.74, 6) is 0.382. The van der Waals surface area contributed by atoms with E-state index in [-0.39, 0.29) is 28.2 Å². The third kappa shape index (κ3) is 6.44. The number of hydrogen-bond acceptors (Lipinski definition) is 7. The van der Waals surface area contributed by atoms with Crippen molar-refractivity contribution in [3.05, 3.63) is 71.5 Å². The second-order valence-electron chi connectivity index (χ2n) is 10.5. The third-order valence-electron chi connectivity index (χ3n) is 6.83. The number of imidazole rings is 2. The maximum absolute atomic E-state index is 15.3. The fourth-order valence-electron chi connectivity index (χ4n) is 4.75. The zero-order valence-corrected chi connectivity index (χ0v) is 25.8. The van der Waals surface area contributed by atoms with Crippen LogP contribution in [0, 0.1) is 5.82 Å². The van der Waals surface area contributed by atoms with Crippen molar-refractivity contribution in [1.82, 2.24) is 19.5 Å². The van der Waals surface area contributed by atoms with Crippen LogP contribution in [0.1, 0.15) is 32.7 Å². The lowest BCUT2D eigenvalue weighted by Gasteiger charge is -2.14. The normalized spacial score (nSPS) is 13.7. The second-order valence-corrected chi connectivity index (χ2v) is 14.9. The van der Waals surface area contributed by atoms with Gasteiger partial charge < -0.3 is 15.3 Å². The Morgan fingerprint density at radius 2 is 1.65 bits per heavy atom. The van der Waals surface area contributed by atoms with Crippen LogP contribution in [0.2, 0.25) is 5.02 Å². The summed E-state index contributed by atoms with van der Waals surface area (Å²) >= 11 is 6.15. The Labute approximate surface area is 253 Å². The first-order chi connectivity index (χ1) is 20.1. The van der Waals surface area contributed by atoms with E-state index in [0.29, 0.717) is 45.1 Å². The van der Waals surface area contributed by atoms with Crippen molar-refractivity contribution in [2.75, 3.05) is 12.0 Å². The molecule has 1 saturated carbocycles. The van der Waals surface area contributed by atoms with E-state index < -0.39 is 25.2 Å². The summed E-state index contributed by atoms with van der Waals surface area (Å²) in [5.41, 5.74) is 9.47. The highest BCUT2D eigenvalue weighted by Crippen LogP contribution is 2.47. The lowest BCUT2D eigenvalue weighted by molar-refractivity contribution is 0.490. The number of nitrogen functional groups attached to an aromatic ring is 1. The van der Waals surface area contributed by atoms with Crippen molar-refractivity contribution < 1.29 is 25.8 Å². The Hall–Kier alpha value is -3.78. The molecule has 0 atom stereocenters. The molecule has 5 aromatic rings. The fourth-order valence-corrected chi connectivity index (χ4v) is 6.10. The molecular weight excluding hydrogens is 617 g/mol. The van der Waals surface area contributed by atoms with Crippen molar-refractivity contribution >= 4 is 48.5 Å². The fraction of sp³-hybridized carbons (Fsp3) is 0.241. The van der Waals surface area contributed by atoms with E-state index in [1.54, 1.807) is 56.3 Å². The van der Waals surface area contributed by atoms with Crippen LogP contribution < -0.4 is 5.73 Å². The zero-order chi connectivity index (χ0) is 31.3. The molecule has 0 unspecified atom stereocenters. The van der Waals surface area contributed by atoms with Crippen molar-refractivity contribution in [2.24, 2.45) is 0 Å². The van der Waals surface area contributed by atoms with E-state index in [9.17, 15) is 16.8 Å². The first kappa shape index (κ1) is 30.7. The highest BCUT2D eigenvalue weighted by Gasteiger charge is 2.34. The van der Waals surface area contributed by atoms with Gasteiger partial charge >= 0.3 is 0 Å². The van der Waals surface area contributed by atoms with Crippen LogP contribution in [0.15, 0.2) is 65.6 Å². The largest absolute Gasteiger partial charge is 0.369 e. The van der Waals surface area contributed by atoms with Crippen molar-refractivity contribution in [1.29, 1.82) is 0 Å². The molecule has 1 aliphatic carbocycles. The summed E-state index contributed by atoms with van der Waals surface area (Å²) in [6, 6.07) is 17.4. The molecular formula is C29H29ClFN5O5S2. The van der Waals surface area contributed by atoms with Crippen molar-refractivity contribution in [3.8, 4) is 33.9 Å². The van der Waals surface area contributed by atoms with Crippen LogP contribution in [0.3, 0.4) is 0 Å². The summed E-state index contributed by atoms with van der Waals surface area (Å²) in [4.78, 5) is 12.3. The molecule has 4 N–H and O–H groups in total. The van der Waals surface area contributed by atoms with Gasteiger partial charge in [0.25, 0.3) is 10.1 Å². The number of benzene rings is 3. The standard InChI is InChI=1S/C28H25ClFN5O2S.CH4O3S/c1-15(2)38(36,37)23-14-17(13-22-25(23)34-28(31)32-22)24-26(20-5-3-4-6-21(20)30)35(19-11-12-19)27(33-24)16-7-9-18(29)10-8-16;1-5(2,3)4/h3-10,13-15,19H,11-12H2,1-2H3,(H3,31,32,34);1H3,(H,2,3,4). The number of aromatic nitrogens is 4. The quantitative estimate of drug-likeness (QED) is 0.185. The first-order valence-corrected chi connectivity index (χ1v) is 17.0. The molecule has 2 aromatic heterocycles.